The van der Waals surface area contributed by atoms with Crippen LogP contribution >= 0.6 is 0 Å². The van der Waals surface area contributed by atoms with Crippen LogP contribution in [0.5, 0.6) is 0 Å². The number of nitrogens with two attached hydrogens (primary N) is 1. The predicted molar refractivity (Wildman–Crippen MR) is 42.6 cm³/mol. The first-order valence-electron chi connectivity index (χ1n) is 3.31. The van der Waals surface area contributed by atoms with E-state index in [4.69, 9.17) is 5.73 Å². The number of hydrogen-bond donors (Lipinski definition) is 1. The van der Waals surface area contributed by atoms with E-state index in [2.05, 4.69) is 4.99 Å². The Morgan fingerprint density at radius 2 is 2.33 bits per heavy atom. The van der Waals surface area contributed by atoms with E-state index >= 15 is 0 Å². The minimum Gasteiger partial charge on any atom is -0.396 e. The molecule has 0 spiro atoms. The fraction of sp³-hybridized carbons (Fsp3) is 0.125. The highest BCUT2D eigenvalue weighted by molar-refractivity contribution is 5.43. The molecule has 0 atom stereocenters. The molecule has 3 nitrogen and oxygen atoms in total. The van der Waals surface area contributed by atoms with Gasteiger partial charge in [0.15, 0.2) is 0 Å². The lowest BCUT2D eigenvalue weighted by Gasteiger charge is -1.98. The Labute approximate surface area is 68.7 Å². The van der Waals surface area contributed by atoms with Gasteiger partial charge in [0.25, 0.3) is 0 Å². The Morgan fingerprint density at radius 1 is 1.58 bits per heavy atom. The fourth-order valence-corrected chi connectivity index (χ4v) is 0.815. The maximum absolute atomic E-state index is 12.6. The van der Waals surface area contributed by atoms with Crippen molar-refractivity contribution < 1.29 is 9.18 Å². The highest BCUT2D eigenvalue weighted by Gasteiger charge is 1.97. The van der Waals surface area contributed by atoms with Crippen LogP contribution in [-0.4, -0.2) is 6.08 Å². The molecule has 62 valence electrons. The summed E-state index contributed by atoms with van der Waals surface area (Å²) in [4.78, 5) is 13.1. The van der Waals surface area contributed by atoms with Crippen molar-refractivity contribution in [2.45, 2.75) is 6.54 Å². The topological polar surface area (TPSA) is 55.4 Å². The van der Waals surface area contributed by atoms with Gasteiger partial charge in [0.2, 0.25) is 6.08 Å². The van der Waals surface area contributed by atoms with Crippen LogP contribution in [0.3, 0.4) is 0 Å². The van der Waals surface area contributed by atoms with Crippen molar-refractivity contribution in [2.24, 2.45) is 4.99 Å². The highest BCUT2D eigenvalue weighted by Crippen LogP contribution is 2.12. The van der Waals surface area contributed by atoms with Crippen molar-refractivity contribution >= 4 is 11.8 Å². The number of benzene rings is 1. The third kappa shape index (κ3) is 1.90. The molecule has 0 bridgehead atoms. The number of hydrogen-bond acceptors (Lipinski definition) is 3. The lowest BCUT2D eigenvalue weighted by Crippen LogP contribution is -1.92. The van der Waals surface area contributed by atoms with Crippen molar-refractivity contribution in [3.05, 3.63) is 29.6 Å². The molecule has 1 aromatic rings. The van der Waals surface area contributed by atoms with Gasteiger partial charge in [-0.1, -0.05) is 6.07 Å². The molecular formula is C8H7FN2O. The second kappa shape index (κ2) is 3.64. The van der Waals surface area contributed by atoms with E-state index in [9.17, 15) is 9.18 Å². The third-order valence-corrected chi connectivity index (χ3v) is 1.39. The van der Waals surface area contributed by atoms with Crippen LogP contribution in [0.2, 0.25) is 0 Å². The van der Waals surface area contributed by atoms with Gasteiger partial charge < -0.3 is 5.73 Å². The van der Waals surface area contributed by atoms with E-state index in [1.807, 2.05) is 0 Å². The van der Waals surface area contributed by atoms with Crippen LogP contribution in [0.15, 0.2) is 23.2 Å². The zero-order chi connectivity index (χ0) is 8.97. The van der Waals surface area contributed by atoms with Gasteiger partial charge in [-0.25, -0.2) is 14.2 Å². The summed E-state index contributed by atoms with van der Waals surface area (Å²) in [6.45, 7) is 0.188. The van der Waals surface area contributed by atoms with Crippen LogP contribution in [0.4, 0.5) is 10.1 Å². The smallest absolute Gasteiger partial charge is 0.235 e. The summed E-state index contributed by atoms with van der Waals surface area (Å²) in [7, 11) is 0. The molecule has 1 aromatic carbocycles. The molecule has 0 fully saturated rings. The average Bonchev–Trinajstić information content (AvgIpc) is 2.07. The molecule has 0 aromatic heterocycles. The van der Waals surface area contributed by atoms with Crippen molar-refractivity contribution in [1.29, 1.82) is 0 Å². The predicted octanol–water partition coefficient (Wildman–Crippen LogP) is 1.24. The summed E-state index contributed by atoms with van der Waals surface area (Å²) in [5.41, 5.74) is 6.03. The first kappa shape index (κ1) is 8.43. The molecule has 12 heavy (non-hydrogen) atoms. The van der Waals surface area contributed by atoms with E-state index in [0.717, 1.165) is 0 Å². The quantitative estimate of drug-likeness (QED) is 0.408. The van der Waals surface area contributed by atoms with Crippen LogP contribution in [0.25, 0.3) is 0 Å². The normalized spacial score (nSPS) is 9.08. The van der Waals surface area contributed by atoms with Gasteiger partial charge in [0.1, 0.15) is 5.82 Å². The Morgan fingerprint density at radius 3 is 2.92 bits per heavy atom. The van der Waals surface area contributed by atoms with Crippen molar-refractivity contribution in [3.8, 4) is 0 Å². The highest BCUT2D eigenvalue weighted by atomic mass is 19.1. The summed E-state index contributed by atoms with van der Waals surface area (Å²) in [6, 6.07) is 4.20. The molecule has 0 heterocycles. The van der Waals surface area contributed by atoms with E-state index in [0.29, 0.717) is 5.56 Å². The molecular weight excluding hydrogens is 159 g/mol. The van der Waals surface area contributed by atoms with Gasteiger partial charge in [0.05, 0.1) is 12.2 Å². The lowest BCUT2D eigenvalue weighted by molar-refractivity contribution is 0.563. The third-order valence-electron chi connectivity index (χ3n) is 1.39. The van der Waals surface area contributed by atoms with Crippen LogP contribution in [-0.2, 0) is 11.3 Å². The Kier molecular flexibility index (Phi) is 2.56. The second-order valence-corrected chi connectivity index (χ2v) is 2.26. The maximum Gasteiger partial charge on any atom is 0.235 e. The lowest BCUT2D eigenvalue weighted by atomic mass is 10.2. The fourth-order valence-electron chi connectivity index (χ4n) is 0.815. The summed E-state index contributed by atoms with van der Waals surface area (Å²) >= 11 is 0. The SMILES string of the molecule is Nc1cc(CN=C=O)ccc1F. The molecule has 1 rings (SSSR count). The number of nitrogens with zero attached hydrogens (tertiary/aromatic N) is 1. The van der Waals surface area contributed by atoms with Crippen LogP contribution in [0.1, 0.15) is 5.56 Å². The molecule has 0 aliphatic heterocycles. The summed E-state index contributed by atoms with van der Waals surface area (Å²) < 4.78 is 12.6. The standard InChI is InChI=1S/C8H7FN2O/c9-7-2-1-6(3-8(7)10)4-11-5-12/h1-3H,4,10H2. The van der Waals surface area contributed by atoms with Crippen molar-refractivity contribution in [2.75, 3.05) is 5.73 Å². The number of carbonyl (C=O) groups excluding carboxylic acids is 1. The van der Waals surface area contributed by atoms with Crippen LogP contribution < -0.4 is 5.73 Å². The molecule has 0 aliphatic carbocycles. The van der Waals surface area contributed by atoms with Gasteiger partial charge in [-0.3, -0.25) is 0 Å². The average molecular weight is 166 g/mol. The first-order valence-corrected chi connectivity index (χ1v) is 3.31. The number of isocyanates is 1. The van der Waals surface area contributed by atoms with E-state index in [1.54, 1.807) is 0 Å². The molecule has 0 saturated heterocycles. The monoisotopic (exact) mass is 166 g/mol. The molecule has 0 saturated carbocycles. The first-order chi connectivity index (χ1) is 5.74. The Hall–Kier alpha value is -1.67. The van der Waals surface area contributed by atoms with Gasteiger partial charge >= 0.3 is 0 Å². The molecule has 0 radical (unpaired) electrons. The molecule has 4 heteroatoms. The van der Waals surface area contributed by atoms with E-state index in [-0.39, 0.29) is 12.2 Å². The number of rotatable bonds is 2. The molecule has 0 amide bonds. The van der Waals surface area contributed by atoms with E-state index < -0.39 is 5.82 Å². The van der Waals surface area contributed by atoms with Gasteiger partial charge in [-0.2, -0.15) is 0 Å². The number of halogens is 1. The molecule has 0 aliphatic rings. The maximum atomic E-state index is 12.6. The van der Waals surface area contributed by atoms with Crippen molar-refractivity contribution in [3.63, 3.8) is 0 Å². The van der Waals surface area contributed by atoms with Gasteiger partial charge in [-0.05, 0) is 17.7 Å². The minimum atomic E-state index is -0.464. The zero-order valence-corrected chi connectivity index (χ0v) is 6.25. The van der Waals surface area contributed by atoms with Crippen molar-refractivity contribution in [1.82, 2.24) is 0 Å². The second-order valence-electron chi connectivity index (χ2n) is 2.26. The zero-order valence-electron chi connectivity index (χ0n) is 6.25. The summed E-state index contributed by atoms with van der Waals surface area (Å²) in [5, 5.41) is 0. The number of aliphatic imine (C=N–C) groups is 1. The molecule has 0 unspecified atom stereocenters. The summed E-state index contributed by atoms with van der Waals surface area (Å²) in [5.74, 6) is -0.464. The summed E-state index contributed by atoms with van der Waals surface area (Å²) in [6.07, 6.45) is 1.39. The largest absolute Gasteiger partial charge is 0.396 e. The number of nitrogen functional groups attached to an aromatic ring is 1. The minimum absolute atomic E-state index is 0.0635. The van der Waals surface area contributed by atoms with Gasteiger partial charge in [0, 0.05) is 0 Å². The van der Waals surface area contributed by atoms with E-state index in [1.165, 1.54) is 24.3 Å². The Bertz CT molecular complexity index is 332. The van der Waals surface area contributed by atoms with Gasteiger partial charge in [-0.15, -0.1) is 0 Å². The van der Waals surface area contributed by atoms with Crippen LogP contribution in [0, 0.1) is 5.82 Å². The molecule has 2 N–H and O–H groups in total. The Balaban J connectivity index is 2.89. The number of anilines is 1.